The summed E-state index contributed by atoms with van der Waals surface area (Å²) in [5, 5.41) is 11.3. The van der Waals surface area contributed by atoms with Crippen LogP contribution in [-0.4, -0.2) is 27.0 Å². The Morgan fingerprint density at radius 1 is 1.00 bits per heavy atom. The van der Waals surface area contributed by atoms with Gasteiger partial charge >= 0.3 is 12.1 Å². The Morgan fingerprint density at radius 3 is 2.38 bits per heavy atom. The van der Waals surface area contributed by atoms with E-state index in [0.29, 0.717) is 23.0 Å². The molecule has 0 saturated heterocycles. The molecular weight excluding hydrogens is 497 g/mol. The summed E-state index contributed by atoms with van der Waals surface area (Å²) in [6.07, 6.45) is -3.54. The van der Waals surface area contributed by atoms with Crippen molar-refractivity contribution in [3.8, 4) is 28.5 Å². The molecule has 0 aliphatic rings. The number of rotatable bonds is 9. The minimum atomic E-state index is -5.26. The van der Waals surface area contributed by atoms with Crippen LogP contribution >= 0.6 is 0 Å². The van der Waals surface area contributed by atoms with Crippen molar-refractivity contribution in [2.24, 2.45) is 0 Å². The summed E-state index contributed by atoms with van der Waals surface area (Å²) in [6.45, 7) is 0.254. The number of anilines is 1. The lowest BCUT2D eigenvalue weighted by Crippen LogP contribution is -2.27. The Hall–Kier alpha value is -5.07. The predicted octanol–water partition coefficient (Wildman–Crippen LogP) is 5.79. The number of carbonyl (C=O) groups is 1. The van der Waals surface area contributed by atoms with Gasteiger partial charge in [0.2, 0.25) is 0 Å². The molecule has 0 aliphatic heterocycles. The van der Waals surface area contributed by atoms with Crippen LogP contribution < -0.4 is 15.0 Å². The van der Waals surface area contributed by atoms with Gasteiger partial charge in [0, 0.05) is 11.8 Å². The molecule has 3 aromatic carbocycles. The van der Waals surface area contributed by atoms with Crippen molar-refractivity contribution in [3.63, 3.8) is 0 Å². The maximum atomic E-state index is 12.3. The molecule has 4 rings (SSSR count). The van der Waals surface area contributed by atoms with E-state index in [9.17, 15) is 28.1 Å². The van der Waals surface area contributed by atoms with Crippen LogP contribution in [-0.2, 0) is 16.2 Å². The number of para-hydroxylation sites is 1. The smallest absolute Gasteiger partial charge is 0.486 e. The standard InChI is InChI=1S/C24H17F3N4O6/c25-24(26,27)23(32)37-30-19-11-10-18(12-21(19)31(33)34)36-17-8-6-15(7-9-17)20-13-28-22(29-20)14-35-16-4-2-1-3-5-16/h1-13,30H,14H2,(H,28,29). The molecule has 0 fully saturated rings. The SMILES string of the molecule is O=C(ONc1ccc(Oc2ccc(-c3c[nH]c(COc4ccccc4)n3)cc2)cc1[N+](=O)[O-])C(F)(F)F. The van der Waals surface area contributed by atoms with Gasteiger partial charge in [-0.25, -0.2) is 15.3 Å². The van der Waals surface area contributed by atoms with Gasteiger partial charge in [-0.15, -0.1) is 0 Å². The lowest BCUT2D eigenvalue weighted by atomic mass is 10.1. The first kappa shape index (κ1) is 25.0. The molecule has 0 bridgehead atoms. The van der Waals surface area contributed by atoms with E-state index in [0.717, 1.165) is 17.7 Å². The molecule has 13 heteroatoms. The number of alkyl halides is 3. The monoisotopic (exact) mass is 514 g/mol. The highest BCUT2D eigenvalue weighted by Crippen LogP contribution is 2.33. The fraction of sp³-hybridized carbons (Fsp3) is 0.0833. The first-order valence-electron chi connectivity index (χ1n) is 10.5. The summed E-state index contributed by atoms with van der Waals surface area (Å²) in [7, 11) is 0. The first-order chi connectivity index (χ1) is 17.7. The van der Waals surface area contributed by atoms with Crippen LogP contribution in [0, 0.1) is 10.1 Å². The zero-order valence-electron chi connectivity index (χ0n) is 18.7. The van der Waals surface area contributed by atoms with Crippen molar-refractivity contribution in [2.45, 2.75) is 12.8 Å². The van der Waals surface area contributed by atoms with E-state index in [4.69, 9.17) is 9.47 Å². The molecule has 10 nitrogen and oxygen atoms in total. The van der Waals surface area contributed by atoms with Crippen LogP contribution in [0.25, 0.3) is 11.3 Å². The van der Waals surface area contributed by atoms with Crippen molar-refractivity contribution < 1.29 is 37.2 Å². The number of hydrogen-bond acceptors (Lipinski definition) is 8. The number of carbonyl (C=O) groups excluding carboxylic acids is 1. The van der Waals surface area contributed by atoms with E-state index in [1.165, 1.54) is 6.07 Å². The third-order valence-electron chi connectivity index (χ3n) is 4.79. The van der Waals surface area contributed by atoms with Crippen molar-refractivity contribution in [1.82, 2.24) is 9.97 Å². The van der Waals surface area contributed by atoms with Crippen LogP contribution in [0.1, 0.15) is 5.82 Å². The number of aromatic nitrogens is 2. The number of halogens is 3. The highest BCUT2D eigenvalue weighted by atomic mass is 19.4. The van der Waals surface area contributed by atoms with Crippen molar-refractivity contribution >= 4 is 17.3 Å². The Labute approximate surface area is 206 Å². The van der Waals surface area contributed by atoms with Gasteiger partial charge in [0.1, 0.15) is 35.4 Å². The first-order valence-corrected chi connectivity index (χ1v) is 10.5. The molecule has 37 heavy (non-hydrogen) atoms. The van der Waals surface area contributed by atoms with Gasteiger partial charge in [-0.3, -0.25) is 10.1 Å². The largest absolute Gasteiger partial charge is 0.493 e. The second-order valence-corrected chi connectivity index (χ2v) is 7.39. The Bertz CT molecular complexity index is 1390. The minimum Gasteiger partial charge on any atom is -0.486 e. The molecule has 1 heterocycles. The molecule has 0 unspecified atom stereocenters. The van der Waals surface area contributed by atoms with Gasteiger partial charge in [-0.1, -0.05) is 18.2 Å². The molecule has 2 N–H and O–H groups in total. The normalized spacial score (nSPS) is 11.0. The van der Waals surface area contributed by atoms with Gasteiger partial charge in [0.15, 0.2) is 0 Å². The fourth-order valence-electron chi connectivity index (χ4n) is 3.05. The van der Waals surface area contributed by atoms with E-state index in [1.807, 2.05) is 30.3 Å². The summed E-state index contributed by atoms with van der Waals surface area (Å²) in [6, 6.07) is 19.3. The molecular formula is C24H17F3N4O6. The Kier molecular flexibility index (Phi) is 7.23. The molecule has 1 aromatic heterocycles. The van der Waals surface area contributed by atoms with Gasteiger partial charge in [0.25, 0.3) is 5.69 Å². The zero-order valence-corrected chi connectivity index (χ0v) is 18.7. The van der Waals surface area contributed by atoms with E-state index in [-0.39, 0.29) is 12.4 Å². The summed E-state index contributed by atoms with van der Waals surface area (Å²) in [4.78, 5) is 32.7. The van der Waals surface area contributed by atoms with Crippen LogP contribution in [0.2, 0.25) is 0 Å². The highest BCUT2D eigenvalue weighted by Gasteiger charge is 2.42. The van der Waals surface area contributed by atoms with Gasteiger partial charge in [0.05, 0.1) is 16.7 Å². The second-order valence-electron chi connectivity index (χ2n) is 7.39. The lowest BCUT2D eigenvalue weighted by molar-refractivity contribution is -0.384. The van der Waals surface area contributed by atoms with E-state index >= 15 is 0 Å². The molecule has 190 valence electrons. The van der Waals surface area contributed by atoms with Crippen LogP contribution in [0.4, 0.5) is 24.5 Å². The number of nitro groups is 1. The molecule has 0 amide bonds. The maximum absolute atomic E-state index is 12.3. The Morgan fingerprint density at radius 2 is 1.70 bits per heavy atom. The molecule has 4 aromatic rings. The number of benzene rings is 3. The van der Waals surface area contributed by atoms with Crippen LogP contribution in [0.15, 0.2) is 79.0 Å². The number of nitrogens with one attached hydrogen (secondary N) is 2. The number of H-pyrrole nitrogens is 1. The minimum absolute atomic E-state index is 0.0345. The van der Waals surface area contributed by atoms with Crippen molar-refractivity contribution in [3.05, 3.63) is 94.9 Å². The molecule has 0 saturated carbocycles. The third-order valence-corrected chi connectivity index (χ3v) is 4.79. The molecule has 0 atom stereocenters. The van der Waals surface area contributed by atoms with Crippen LogP contribution in [0.5, 0.6) is 17.2 Å². The Balaban J connectivity index is 1.40. The van der Waals surface area contributed by atoms with E-state index < -0.39 is 28.4 Å². The van der Waals surface area contributed by atoms with Crippen molar-refractivity contribution in [1.29, 1.82) is 0 Å². The zero-order chi connectivity index (χ0) is 26.4. The summed E-state index contributed by atoms with van der Waals surface area (Å²) < 4.78 is 48.1. The third kappa shape index (κ3) is 6.54. The van der Waals surface area contributed by atoms with Gasteiger partial charge in [-0.2, -0.15) is 13.2 Å². The van der Waals surface area contributed by atoms with E-state index in [2.05, 4.69) is 14.8 Å². The van der Waals surface area contributed by atoms with E-state index in [1.54, 1.807) is 35.9 Å². The summed E-state index contributed by atoms with van der Waals surface area (Å²) in [5.74, 6) is -0.831. The number of ether oxygens (including phenoxy) is 2. The number of hydrogen-bond donors (Lipinski definition) is 2. The topological polar surface area (TPSA) is 129 Å². The quantitative estimate of drug-likeness (QED) is 0.212. The molecule has 0 radical (unpaired) electrons. The lowest BCUT2D eigenvalue weighted by Gasteiger charge is -2.11. The molecule has 0 spiro atoms. The number of nitrogens with zero attached hydrogens (tertiary/aromatic N) is 2. The number of imidazole rings is 1. The van der Waals surface area contributed by atoms with Crippen molar-refractivity contribution in [2.75, 3.05) is 5.48 Å². The number of nitro benzene ring substituents is 1. The van der Waals surface area contributed by atoms with Gasteiger partial charge in [-0.05, 0) is 48.5 Å². The maximum Gasteiger partial charge on any atom is 0.493 e. The van der Waals surface area contributed by atoms with Gasteiger partial charge < -0.3 is 19.3 Å². The summed E-state index contributed by atoms with van der Waals surface area (Å²) in [5.41, 5.74) is 1.96. The predicted molar refractivity (Wildman–Crippen MR) is 124 cm³/mol. The highest BCUT2D eigenvalue weighted by molar-refractivity contribution is 5.77. The average molecular weight is 514 g/mol. The second kappa shape index (κ2) is 10.7. The average Bonchev–Trinajstić information content (AvgIpc) is 3.36. The fourth-order valence-corrected chi connectivity index (χ4v) is 3.05. The number of aromatic amines is 1. The molecule has 0 aliphatic carbocycles. The summed E-state index contributed by atoms with van der Waals surface area (Å²) >= 11 is 0. The van der Waals surface area contributed by atoms with Crippen LogP contribution in [0.3, 0.4) is 0 Å².